The van der Waals surface area contributed by atoms with Crippen molar-refractivity contribution in [2.75, 3.05) is 26.8 Å². The van der Waals surface area contributed by atoms with Crippen LogP contribution < -0.4 is 10.6 Å². The molecule has 0 aliphatic heterocycles. The summed E-state index contributed by atoms with van der Waals surface area (Å²) in [5.74, 6) is -0.0183. The van der Waals surface area contributed by atoms with Crippen LogP contribution in [0.25, 0.3) is 0 Å². The van der Waals surface area contributed by atoms with Crippen LogP contribution in [0.3, 0.4) is 0 Å². The van der Waals surface area contributed by atoms with Gasteiger partial charge < -0.3 is 15.4 Å². The molecule has 1 aromatic carbocycles. The van der Waals surface area contributed by atoms with Crippen molar-refractivity contribution in [3.05, 3.63) is 33.8 Å². The van der Waals surface area contributed by atoms with Crippen molar-refractivity contribution >= 4 is 21.8 Å². The van der Waals surface area contributed by atoms with Crippen molar-refractivity contribution in [2.45, 2.75) is 13.5 Å². The largest absolute Gasteiger partial charge is 0.383 e. The summed E-state index contributed by atoms with van der Waals surface area (Å²) in [6, 6.07) is 6.17. The zero-order chi connectivity index (χ0) is 13.4. The maximum Gasteiger partial charge on any atom is 0.234 e. The van der Waals surface area contributed by atoms with Gasteiger partial charge in [0.25, 0.3) is 0 Å². The van der Waals surface area contributed by atoms with Crippen LogP contribution in [-0.2, 0) is 16.1 Å². The Kier molecular flexibility index (Phi) is 6.93. The predicted octanol–water partition coefficient (Wildman–Crippen LogP) is 1.61. The van der Waals surface area contributed by atoms with E-state index in [2.05, 4.69) is 44.8 Å². The first-order valence-electron chi connectivity index (χ1n) is 5.85. The maximum absolute atomic E-state index is 11.4. The molecule has 0 aromatic heterocycles. The number of rotatable bonds is 7. The van der Waals surface area contributed by atoms with Gasteiger partial charge in [-0.1, -0.05) is 28.1 Å². The SMILES string of the molecule is COCCNC(=O)CNCc1ccc(C)cc1Br. The Morgan fingerprint density at radius 1 is 1.44 bits per heavy atom. The quantitative estimate of drug-likeness (QED) is 0.752. The summed E-state index contributed by atoms with van der Waals surface area (Å²) in [6.07, 6.45) is 0. The average molecular weight is 315 g/mol. The number of nitrogens with one attached hydrogen (secondary N) is 2. The van der Waals surface area contributed by atoms with Crippen molar-refractivity contribution in [3.8, 4) is 0 Å². The first-order valence-corrected chi connectivity index (χ1v) is 6.64. The van der Waals surface area contributed by atoms with E-state index in [0.29, 0.717) is 26.2 Å². The predicted molar refractivity (Wildman–Crippen MR) is 75.5 cm³/mol. The third-order valence-electron chi connectivity index (χ3n) is 2.44. The molecular formula is C13H19BrN2O2. The Bertz CT molecular complexity index is 397. The Morgan fingerprint density at radius 3 is 2.89 bits per heavy atom. The molecule has 0 heterocycles. The normalized spacial score (nSPS) is 10.4. The fourth-order valence-corrected chi connectivity index (χ4v) is 2.09. The highest BCUT2D eigenvalue weighted by molar-refractivity contribution is 9.10. The molecule has 5 heteroatoms. The van der Waals surface area contributed by atoms with E-state index in [1.807, 2.05) is 6.92 Å². The molecule has 18 heavy (non-hydrogen) atoms. The van der Waals surface area contributed by atoms with Gasteiger partial charge in [-0.15, -0.1) is 0 Å². The fraction of sp³-hybridized carbons (Fsp3) is 0.462. The van der Waals surface area contributed by atoms with Gasteiger partial charge in [-0.3, -0.25) is 4.79 Å². The molecule has 0 saturated carbocycles. The lowest BCUT2D eigenvalue weighted by molar-refractivity contribution is -0.120. The van der Waals surface area contributed by atoms with Crippen molar-refractivity contribution in [2.24, 2.45) is 0 Å². The van der Waals surface area contributed by atoms with Gasteiger partial charge in [-0.2, -0.15) is 0 Å². The number of methoxy groups -OCH3 is 1. The van der Waals surface area contributed by atoms with E-state index >= 15 is 0 Å². The highest BCUT2D eigenvalue weighted by Gasteiger charge is 2.02. The van der Waals surface area contributed by atoms with E-state index in [4.69, 9.17) is 4.74 Å². The molecular weight excluding hydrogens is 296 g/mol. The molecule has 0 saturated heterocycles. The van der Waals surface area contributed by atoms with Gasteiger partial charge in [0.2, 0.25) is 5.91 Å². The van der Waals surface area contributed by atoms with E-state index in [0.717, 1.165) is 10.0 Å². The molecule has 0 bridgehead atoms. The monoisotopic (exact) mass is 314 g/mol. The van der Waals surface area contributed by atoms with E-state index in [-0.39, 0.29) is 5.91 Å². The first-order chi connectivity index (χ1) is 8.63. The van der Waals surface area contributed by atoms with Crippen molar-refractivity contribution in [1.82, 2.24) is 10.6 Å². The minimum Gasteiger partial charge on any atom is -0.383 e. The number of amides is 1. The number of carbonyl (C=O) groups excluding carboxylic acids is 1. The molecule has 2 N–H and O–H groups in total. The van der Waals surface area contributed by atoms with Crippen LogP contribution in [0.5, 0.6) is 0 Å². The Balaban J connectivity index is 2.26. The van der Waals surface area contributed by atoms with Gasteiger partial charge in [0.1, 0.15) is 0 Å². The molecule has 0 radical (unpaired) electrons. The molecule has 1 aromatic rings. The zero-order valence-corrected chi connectivity index (χ0v) is 12.3. The highest BCUT2D eigenvalue weighted by atomic mass is 79.9. The Hall–Kier alpha value is -0.910. The van der Waals surface area contributed by atoms with Gasteiger partial charge in [0, 0.05) is 24.7 Å². The summed E-state index contributed by atoms with van der Waals surface area (Å²) in [5.41, 5.74) is 2.35. The number of ether oxygens (including phenoxy) is 1. The van der Waals surface area contributed by atoms with Crippen LogP contribution in [0.4, 0.5) is 0 Å². The third-order valence-corrected chi connectivity index (χ3v) is 3.18. The van der Waals surface area contributed by atoms with Crippen molar-refractivity contribution in [3.63, 3.8) is 0 Å². The van der Waals surface area contributed by atoms with Crippen LogP contribution in [0, 0.1) is 6.92 Å². The highest BCUT2D eigenvalue weighted by Crippen LogP contribution is 2.17. The summed E-state index contributed by atoms with van der Waals surface area (Å²) >= 11 is 3.51. The molecule has 0 unspecified atom stereocenters. The van der Waals surface area contributed by atoms with Crippen LogP contribution in [0.15, 0.2) is 22.7 Å². The summed E-state index contributed by atoms with van der Waals surface area (Å²) in [5, 5.41) is 5.86. The molecule has 100 valence electrons. The summed E-state index contributed by atoms with van der Waals surface area (Å²) in [7, 11) is 1.61. The van der Waals surface area contributed by atoms with Crippen LogP contribution in [0.2, 0.25) is 0 Å². The van der Waals surface area contributed by atoms with Crippen LogP contribution in [0.1, 0.15) is 11.1 Å². The van der Waals surface area contributed by atoms with E-state index in [1.165, 1.54) is 5.56 Å². The standard InChI is InChI=1S/C13H19BrN2O2/c1-10-3-4-11(12(14)7-10)8-15-9-13(17)16-5-6-18-2/h3-4,7,15H,5-6,8-9H2,1-2H3,(H,16,17). The summed E-state index contributed by atoms with van der Waals surface area (Å²) in [4.78, 5) is 11.4. The lowest BCUT2D eigenvalue weighted by Gasteiger charge is -2.08. The first kappa shape index (κ1) is 15.1. The maximum atomic E-state index is 11.4. The molecule has 0 spiro atoms. The number of halogens is 1. The number of benzene rings is 1. The molecule has 0 fully saturated rings. The van der Waals surface area contributed by atoms with Crippen LogP contribution in [-0.4, -0.2) is 32.7 Å². The summed E-state index contributed by atoms with van der Waals surface area (Å²) < 4.78 is 5.92. The molecule has 4 nitrogen and oxygen atoms in total. The minimum atomic E-state index is -0.0183. The van der Waals surface area contributed by atoms with E-state index in [9.17, 15) is 4.79 Å². The zero-order valence-electron chi connectivity index (χ0n) is 10.8. The third kappa shape index (κ3) is 5.62. The van der Waals surface area contributed by atoms with E-state index < -0.39 is 0 Å². The molecule has 1 amide bonds. The number of aryl methyl sites for hydroxylation is 1. The lowest BCUT2D eigenvalue weighted by atomic mass is 10.1. The van der Waals surface area contributed by atoms with E-state index in [1.54, 1.807) is 7.11 Å². The Morgan fingerprint density at radius 2 is 2.22 bits per heavy atom. The van der Waals surface area contributed by atoms with Gasteiger partial charge in [0.15, 0.2) is 0 Å². The number of carbonyl (C=O) groups is 1. The van der Waals surface area contributed by atoms with Gasteiger partial charge in [-0.05, 0) is 24.1 Å². The number of hydrogen-bond acceptors (Lipinski definition) is 3. The van der Waals surface area contributed by atoms with Gasteiger partial charge >= 0.3 is 0 Å². The van der Waals surface area contributed by atoms with Gasteiger partial charge in [-0.25, -0.2) is 0 Å². The smallest absolute Gasteiger partial charge is 0.234 e. The number of hydrogen-bond donors (Lipinski definition) is 2. The summed E-state index contributed by atoms with van der Waals surface area (Å²) in [6.45, 7) is 4.11. The second kappa shape index (κ2) is 8.24. The molecule has 0 atom stereocenters. The average Bonchev–Trinajstić information content (AvgIpc) is 2.32. The van der Waals surface area contributed by atoms with Gasteiger partial charge in [0.05, 0.1) is 13.2 Å². The lowest BCUT2D eigenvalue weighted by Crippen LogP contribution is -2.35. The Labute approximate surface area is 116 Å². The van der Waals surface area contributed by atoms with Crippen molar-refractivity contribution < 1.29 is 9.53 Å². The molecule has 0 aliphatic carbocycles. The van der Waals surface area contributed by atoms with Crippen molar-refractivity contribution in [1.29, 1.82) is 0 Å². The topological polar surface area (TPSA) is 50.4 Å². The molecule has 1 rings (SSSR count). The minimum absolute atomic E-state index is 0.0183. The fourth-order valence-electron chi connectivity index (χ4n) is 1.46. The second-order valence-corrected chi connectivity index (χ2v) is 4.90. The molecule has 0 aliphatic rings. The van der Waals surface area contributed by atoms with Crippen LogP contribution >= 0.6 is 15.9 Å². The second-order valence-electron chi connectivity index (χ2n) is 4.04.